The predicted molar refractivity (Wildman–Crippen MR) is 135 cm³/mol. The number of rotatable bonds is 7. The molecule has 34 heavy (non-hydrogen) atoms. The molecule has 0 spiro atoms. The predicted octanol–water partition coefficient (Wildman–Crippen LogP) is 3.25. The molecule has 3 heterocycles. The van der Waals surface area contributed by atoms with Gasteiger partial charge in [0.15, 0.2) is 6.61 Å². The lowest BCUT2D eigenvalue weighted by molar-refractivity contribution is -0.118. The number of fused-ring (bicyclic) bond motifs is 1. The van der Waals surface area contributed by atoms with Crippen molar-refractivity contribution in [3.05, 3.63) is 23.8 Å². The maximum Gasteiger partial charge on any atom is 0.320 e. The molecule has 8 nitrogen and oxygen atoms in total. The van der Waals surface area contributed by atoms with Gasteiger partial charge in [-0.3, -0.25) is 4.79 Å². The lowest BCUT2D eigenvalue weighted by atomic mass is 9.95. The van der Waals surface area contributed by atoms with Gasteiger partial charge in [0.25, 0.3) is 5.91 Å². The van der Waals surface area contributed by atoms with Crippen molar-refractivity contribution in [2.24, 2.45) is 5.92 Å². The van der Waals surface area contributed by atoms with Gasteiger partial charge in [-0.05, 0) is 62.8 Å². The molecule has 190 valence electrons. The summed E-state index contributed by atoms with van der Waals surface area (Å²) < 4.78 is 10.9. The van der Waals surface area contributed by atoms with Gasteiger partial charge < -0.3 is 29.5 Å². The topological polar surface area (TPSA) is 74.4 Å². The quantitative estimate of drug-likeness (QED) is 0.630. The van der Waals surface area contributed by atoms with Crippen molar-refractivity contribution in [3.8, 4) is 5.75 Å². The molecule has 1 N–H and O–H groups in total. The molecule has 2 saturated heterocycles. The van der Waals surface area contributed by atoms with Crippen LogP contribution in [-0.4, -0.2) is 91.8 Å². The van der Waals surface area contributed by atoms with Crippen molar-refractivity contribution in [3.63, 3.8) is 0 Å². The third-order valence-electron chi connectivity index (χ3n) is 7.00. The Hall–Kier alpha value is -2.03. The molecule has 3 aliphatic rings. The molecule has 2 fully saturated rings. The van der Waals surface area contributed by atoms with Crippen LogP contribution in [0.2, 0.25) is 0 Å². The zero-order valence-corrected chi connectivity index (χ0v) is 21.3. The SMILES string of the molecule is CCCN(CC1CCN(C(=O)N2CCOCC2)CC1)C(C)Cc1ccc2c(c1)NC(=O)CO2.Cl. The molecule has 0 bridgehead atoms. The molecule has 3 amide bonds. The van der Waals surface area contributed by atoms with Crippen LogP contribution in [0.3, 0.4) is 0 Å². The summed E-state index contributed by atoms with van der Waals surface area (Å²) in [4.78, 5) is 31.0. The minimum absolute atomic E-state index is 0. The number of piperidine rings is 1. The number of anilines is 1. The first-order valence-corrected chi connectivity index (χ1v) is 12.4. The lowest BCUT2D eigenvalue weighted by Crippen LogP contribution is -2.51. The Morgan fingerprint density at radius 2 is 1.88 bits per heavy atom. The van der Waals surface area contributed by atoms with Gasteiger partial charge >= 0.3 is 6.03 Å². The van der Waals surface area contributed by atoms with Gasteiger partial charge in [0, 0.05) is 38.8 Å². The van der Waals surface area contributed by atoms with Crippen molar-refractivity contribution < 1.29 is 19.1 Å². The zero-order chi connectivity index (χ0) is 23.2. The molecular formula is C25H39ClN4O4. The Kier molecular flexibility index (Phi) is 9.85. The summed E-state index contributed by atoms with van der Waals surface area (Å²) in [5.41, 5.74) is 1.98. The maximum atomic E-state index is 12.8. The molecule has 4 rings (SSSR count). The smallest absolute Gasteiger partial charge is 0.320 e. The number of halogens is 1. The monoisotopic (exact) mass is 494 g/mol. The molecule has 0 saturated carbocycles. The molecule has 9 heteroatoms. The Balaban J connectivity index is 0.00000324. The van der Waals surface area contributed by atoms with E-state index in [0.29, 0.717) is 38.3 Å². The van der Waals surface area contributed by atoms with Crippen molar-refractivity contribution in [2.75, 3.05) is 64.4 Å². The van der Waals surface area contributed by atoms with E-state index in [2.05, 4.69) is 30.1 Å². The second-order valence-electron chi connectivity index (χ2n) is 9.53. The molecule has 1 atom stereocenters. The Bertz CT molecular complexity index is 825. The zero-order valence-electron chi connectivity index (χ0n) is 20.5. The number of carbonyl (C=O) groups excluding carboxylic acids is 2. The van der Waals surface area contributed by atoms with E-state index >= 15 is 0 Å². The molecule has 0 aliphatic carbocycles. The fraction of sp³-hybridized carbons (Fsp3) is 0.680. The van der Waals surface area contributed by atoms with E-state index in [1.54, 1.807) is 0 Å². The van der Waals surface area contributed by atoms with Gasteiger partial charge in [-0.2, -0.15) is 0 Å². The molecule has 1 aromatic rings. The van der Waals surface area contributed by atoms with E-state index in [4.69, 9.17) is 9.47 Å². The number of ether oxygens (including phenoxy) is 2. The van der Waals surface area contributed by atoms with Gasteiger partial charge in [-0.15, -0.1) is 12.4 Å². The minimum Gasteiger partial charge on any atom is -0.482 e. The van der Waals surface area contributed by atoms with E-state index in [0.717, 1.165) is 63.3 Å². The summed E-state index contributed by atoms with van der Waals surface area (Å²) in [6.45, 7) is 11.2. The molecular weight excluding hydrogens is 456 g/mol. The van der Waals surface area contributed by atoms with Crippen LogP contribution in [0.5, 0.6) is 5.75 Å². The van der Waals surface area contributed by atoms with E-state index in [9.17, 15) is 9.59 Å². The Morgan fingerprint density at radius 3 is 2.59 bits per heavy atom. The van der Waals surface area contributed by atoms with Crippen molar-refractivity contribution in [1.29, 1.82) is 0 Å². The second-order valence-corrected chi connectivity index (χ2v) is 9.53. The Morgan fingerprint density at radius 1 is 1.18 bits per heavy atom. The highest BCUT2D eigenvalue weighted by atomic mass is 35.5. The summed E-state index contributed by atoms with van der Waals surface area (Å²) in [6.07, 6.45) is 4.17. The minimum atomic E-state index is -0.0984. The highest BCUT2D eigenvalue weighted by Crippen LogP contribution is 2.29. The van der Waals surface area contributed by atoms with Gasteiger partial charge in [0.05, 0.1) is 18.9 Å². The van der Waals surface area contributed by atoms with Crippen LogP contribution < -0.4 is 10.1 Å². The third kappa shape index (κ3) is 6.77. The average molecular weight is 495 g/mol. The van der Waals surface area contributed by atoms with Crippen LogP contribution in [0, 0.1) is 5.92 Å². The maximum absolute atomic E-state index is 12.8. The molecule has 0 radical (unpaired) electrons. The summed E-state index contributed by atoms with van der Waals surface area (Å²) in [7, 11) is 0. The largest absolute Gasteiger partial charge is 0.482 e. The van der Waals surface area contributed by atoms with Crippen LogP contribution in [0.15, 0.2) is 18.2 Å². The van der Waals surface area contributed by atoms with E-state index in [1.807, 2.05) is 21.9 Å². The third-order valence-corrected chi connectivity index (χ3v) is 7.00. The first kappa shape index (κ1) is 26.6. The fourth-order valence-electron chi connectivity index (χ4n) is 5.10. The number of urea groups is 1. The summed E-state index contributed by atoms with van der Waals surface area (Å²) in [5.74, 6) is 1.26. The number of carbonyl (C=O) groups is 2. The molecule has 1 unspecified atom stereocenters. The normalized spacial score (nSPS) is 19.7. The van der Waals surface area contributed by atoms with Crippen molar-refractivity contribution in [2.45, 2.75) is 45.6 Å². The number of morpholine rings is 1. The highest BCUT2D eigenvalue weighted by Gasteiger charge is 2.29. The standard InChI is InChI=1S/C25H38N4O4.ClH/c1-3-8-29(19(2)15-21-4-5-23-22(16-21)26-24(30)18-33-23)17-20-6-9-27(10-7-20)25(31)28-11-13-32-14-12-28;/h4-5,16,19-20H,3,6-15,17-18H2,1-2H3,(H,26,30);1H. The highest BCUT2D eigenvalue weighted by molar-refractivity contribution is 5.95. The number of nitrogens with one attached hydrogen (secondary N) is 1. The van der Waals surface area contributed by atoms with Gasteiger partial charge in [0.1, 0.15) is 5.75 Å². The molecule has 3 aliphatic heterocycles. The van der Waals surface area contributed by atoms with E-state index in [1.165, 1.54) is 5.56 Å². The lowest BCUT2D eigenvalue weighted by Gasteiger charge is -2.39. The van der Waals surface area contributed by atoms with Crippen LogP contribution in [0.4, 0.5) is 10.5 Å². The first-order chi connectivity index (χ1) is 16.0. The van der Waals surface area contributed by atoms with Crippen molar-refractivity contribution in [1.82, 2.24) is 14.7 Å². The van der Waals surface area contributed by atoms with E-state index in [-0.39, 0.29) is 31.0 Å². The number of amides is 3. The van der Waals surface area contributed by atoms with Gasteiger partial charge in [-0.1, -0.05) is 13.0 Å². The number of hydrogen-bond donors (Lipinski definition) is 1. The number of likely N-dealkylation sites (tertiary alicyclic amines) is 1. The summed E-state index contributed by atoms with van der Waals surface area (Å²) in [6, 6.07) is 6.69. The van der Waals surface area contributed by atoms with E-state index < -0.39 is 0 Å². The fourth-order valence-corrected chi connectivity index (χ4v) is 5.10. The van der Waals surface area contributed by atoms with Gasteiger partial charge in [-0.25, -0.2) is 4.79 Å². The summed E-state index contributed by atoms with van der Waals surface area (Å²) >= 11 is 0. The van der Waals surface area contributed by atoms with Crippen LogP contribution in [0.25, 0.3) is 0 Å². The second kappa shape index (κ2) is 12.6. The number of hydrogen-bond acceptors (Lipinski definition) is 5. The van der Waals surface area contributed by atoms with Crippen LogP contribution in [-0.2, 0) is 16.0 Å². The van der Waals surface area contributed by atoms with Crippen LogP contribution >= 0.6 is 12.4 Å². The first-order valence-electron chi connectivity index (χ1n) is 12.4. The van der Waals surface area contributed by atoms with Crippen molar-refractivity contribution >= 4 is 30.0 Å². The van der Waals surface area contributed by atoms with Gasteiger partial charge in [0.2, 0.25) is 0 Å². The number of benzene rings is 1. The summed E-state index contributed by atoms with van der Waals surface area (Å²) in [5, 5.41) is 2.91. The average Bonchev–Trinajstić information content (AvgIpc) is 2.84. The molecule has 1 aromatic carbocycles. The number of nitrogens with zero attached hydrogens (tertiary/aromatic N) is 3. The van der Waals surface area contributed by atoms with Crippen LogP contribution in [0.1, 0.15) is 38.7 Å². The Labute approximate surface area is 209 Å². The molecule has 0 aromatic heterocycles.